The first kappa shape index (κ1) is 22.0. The molecule has 1 aliphatic heterocycles. The summed E-state index contributed by atoms with van der Waals surface area (Å²) in [4.78, 5) is 23.2. The number of carbonyl (C=O) groups is 1. The number of carbonyl (C=O) groups excluding carboxylic acids is 1. The topological polar surface area (TPSA) is 85.2 Å². The summed E-state index contributed by atoms with van der Waals surface area (Å²) in [7, 11) is 0. The van der Waals surface area contributed by atoms with Gasteiger partial charge < -0.3 is 15.0 Å². The van der Waals surface area contributed by atoms with Gasteiger partial charge in [-0.1, -0.05) is 6.07 Å². The third-order valence-electron chi connectivity index (χ3n) is 5.19. The molecule has 4 rings (SSSR count). The van der Waals surface area contributed by atoms with Crippen LogP contribution in [0.2, 0.25) is 0 Å². The van der Waals surface area contributed by atoms with Gasteiger partial charge in [0.25, 0.3) is 5.91 Å². The van der Waals surface area contributed by atoms with E-state index in [9.17, 15) is 18.0 Å². The number of amides is 1. The van der Waals surface area contributed by atoms with Crippen LogP contribution in [-0.2, 0) is 17.5 Å². The first-order valence-corrected chi connectivity index (χ1v) is 10.2. The Morgan fingerprint density at radius 3 is 2.69 bits per heavy atom. The lowest BCUT2D eigenvalue weighted by atomic mass is 10.1. The minimum atomic E-state index is -4.50. The lowest BCUT2D eigenvalue weighted by Gasteiger charge is -2.36. The highest BCUT2D eigenvalue weighted by Crippen LogP contribution is 2.29. The fourth-order valence-electron chi connectivity index (χ4n) is 3.86. The zero-order valence-electron chi connectivity index (χ0n) is 17.6. The first-order valence-electron chi connectivity index (χ1n) is 10.2. The van der Waals surface area contributed by atoms with E-state index >= 15 is 0 Å². The molecule has 0 saturated carbocycles. The highest BCUT2D eigenvalue weighted by molar-refractivity contribution is 5.94. The maximum atomic E-state index is 12.9. The fourth-order valence-corrected chi connectivity index (χ4v) is 3.86. The summed E-state index contributed by atoms with van der Waals surface area (Å²) >= 11 is 0. The number of aromatic nitrogens is 4. The predicted octanol–water partition coefficient (Wildman–Crippen LogP) is 2.89. The summed E-state index contributed by atoms with van der Waals surface area (Å²) in [5.41, 5.74) is -0.292. The number of hydrogen-bond donors (Lipinski definition) is 1. The SMILES string of the molecule is C[C@H]1CN(c2ncnc3c2cnn3CCNC(=O)c2cccc(C(F)(F)F)c2)C[C@H](C)O1. The summed E-state index contributed by atoms with van der Waals surface area (Å²) in [6.07, 6.45) is -1.20. The van der Waals surface area contributed by atoms with Crippen molar-refractivity contribution in [2.45, 2.75) is 38.8 Å². The van der Waals surface area contributed by atoms with Crippen LogP contribution in [0.1, 0.15) is 29.8 Å². The molecule has 1 aromatic carbocycles. The van der Waals surface area contributed by atoms with Crippen molar-refractivity contribution < 1.29 is 22.7 Å². The number of alkyl halides is 3. The Hall–Kier alpha value is -3.21. The van der Waals surface area contributed by atoms with E-state index in [-0.39, 0.29) is 24.3 Å². The van der Waals surface area contributed by atoms with Crippen LogP contribution in [0.25, 0.3) is 11.0 Å². The van der Waals surface area contributed by atoms with E-state index in [2.05, 4.69) is 25.3 Å². The van der Waals surface area contributed by atoms with Crippen molar-refractivity contribution in [1.29, 1.82) is 0 Å². The van der Waals surface area contributed by atoms with Crippen molar-refractivity contribution in [1.82, 2.24) is 25.1 Å². The van der Waals surface area contributed by atoms with E-state index in [4.69, 9.17) is 4.74 Å². The molecule has 11 heteroatoms. The molecule has 1 saturated heterocycles. The molecule has 0 bridgehead atoms. The van der Waals surface area contributed by atoms with Crippen LogP contribution in [0.15, 0.2) is 36.8 Å². The van der Waals surface area contributed by atoms with Gasteiger partial charge in [-0.05, 0) is 32.0 Å². The van der Waals surface area contributed by atoms with Crippen molar-refractivity contribution in [3.8, 4) is 0 Å². The Bertz CT molecular complexity index is 1110. The summed E-state index contributed by atoms with van der Waals surface area (Å²) < 4.78 is 46.0. The van der Waals surface area contributed by atoms with E-state index in [1.165, 1.54) is 18.5 Å². The van der Waals surface area contributed by atoms with Crippen LogP contribution in [0.4, 0.5) is 19.0 Å². The number of ether oxygens (including phenoxy) is 1. The zero-order valence-corrected chi connectivity index (χ0v) is 17.6. The second-order valence-electron chi connectivity index (χ2n) is 7.80. The summed E-state index contributed by atoms with van der Waals surface area (Å²) in [5, 5.41) is 7.78. The van der Waals surface area contributed by atoms with Gasteiger partial charge in [0.2, 0.25) is 0 Å². The third kappa shape index (κ3) is 4.67. The average molecular weight is 448 g/mol. The van der Waals surface area contributed by atoms with Gasteiger partial charge in [-0.15, -0.1) is 0 Å². The van der Waals surface area contributed by atoms with E-state index < -0.39 is 17.6 Å². The monoisotopic (exact) mass is 448 g/mol. The molecule has 32 heavy (non-hydrogen) atoms. The second-order valence-corrected chi connectivity index (χ2v) is 7.80. The predicted molar refractivity (Wildman–Crippen MR) is 111 cm³/mol. The molecular weight excluding hydrogens is 425 g/mol. The van der Waals surface area contributed by atoms with E-state index in [0.717, 1.165) is 23.3 Å². The quantitative estimate of drug-likeness (QED) is 0.646. The van der Waals surface area contributed by atoms with Crippen LogP contribution in [0, 0.1) is 0 Å². The van der Waals surface area contributed by atoms with Gasteiger partial charge >= 0.3 is 6.18 Å². The van der Waals surface area contributed by atoms with Crippen molar-refractivity contribution >= 4 is 22.8 Å². The average Bonchev–Trinajstić information content (AvgIpc) is 3.15. The van der Waals surface area contributed by atoms with Crippen LogP contribution >= 0.6 is 0 Å². The van der Waals surface area contributed by atoms with Crippen molar-refractivity contribution in [3.63, 3.8) is 0 Å². The maximum absolute atomic E-state index is 12.9. The molecule has 1 N–H and O–H groups in total. The van der Waals surface area contributed by atoms with Crippen molar-refractivity contribution in [3.05, 3.63) is 47.9 Å². The molecule has 1 aliphatic rings. The number of fused-ring (bicyclic) bond motifs is 1. The minimum Gasteiger partial charge on any atom is -0.372 e. The molecular formula is C21H23F3N6O2. The Kier molecular flexibility index (Phi) is 6.00. The van der Waals surface area contributed by atoms with Crippen LogP contribution in [-0.4, -0.2) is 57.5 Å². The number of rotatable bonds is 5. The Labute approximate surface area is 182 Å². The molecule has 0 radical (unpaired) electrons. The number of halogens is 3. The molecule has 3 aromatic rings. The summed E-state index contributed by atoms with van der Waals surface area (Å²) in [6, 6.07) is 4.32. The van der Waals surface area contributed by atoms with Gasteiger partial charge in [0.05, 0.1) is 35.9 Å². The molecule has 0 spiro atoms. The van der Waals surface area contributed by atoms with Gasteiger partial charge in [-0.25, -0.2) is 14.6 Å². The summed E-state index contributed by atoms with van der Waals surface area (Å²) in [5.74, 6) is 0.190. The van der Waals surface area contributed by atoms with Gasteiger partial charge in [0.1, 0.15) is 12.1 Å². The molecule has 2 atom stereocenters. The fraction of sp³-hybridized carbons (Fsp3) is 0.429. The molecule has 1 fully saturated rings. The molecule has 170 valence electrons. The molecule has 2 aromatic heterocycles. The Balaban J connectivity index is 1.44. The number of benzene rings is 1. The highest BCUT2D eigenvalue weighted by atomic mass is 19.4. The van der Waals surface area contributed by atoms with E-state index in [0.29, 0.717) is 25.3 Å². The van der Waals surface area contributed by atoms with Gasteiger partial charge in [0, 0.05) is 25.2 Å². The normalized spacial score (nSPS) is 19.3. The molecule has 1 amide bonds. The third-order valence-corrected chi connectivity index (χ3v) is 5.19. The van der Waals surface area contributed by atoms with Crippen LogP contribution in [0.5, 0.6) is 0 Å². The Morgan fingerprint density at radius 1 is 1.22 bits per heavy atom. The molecule has 8 nitrogen and oxygen atoms in total. The van der Waals surface area contributed by atoms with Crippen LogP contribution < -0.4 is 10.2 Å². The first-order chi connectivity index (χ1) is 15.2. The number of nitrogens with zero attached hydrogens (tertiary/aromatic N) is 5. The van der Waals surface area contributed by atoms with Crippen molar-refractivity contribution in [2.75, 3.05) is 24.5 Å². The second kappa shape index (κ2) is 8.73. The van der Waals surface area contributed by atoms with Crippen molar-refractivity contribution in [2.24, 2.45) is 0 Å². The molecule has 0 unspecified atom stereocenters. The van der Waals surface area contributed by atoms with Crippen LogP contribution in [0.3, 0.4) is 0 Å². The van der Waals surface area contributed by atoms with Gasteiger partial charge in [0.15, 0.2) is 5.65 Å². The minimum absolute atomic E-state index is 0.0506. The highest BCUT2D eigenvalue weighted by Gasteiger charge is 2.31. The van der Waals surface area contributed by atoms with Gasteiger partial charge in [-0.2, -0.15) is 18.3 Å². The standard InChI is InChI=1S/C21H23F3N6O2/c1-13-10-29(11-14(2)32-13)18-17-9-28-30(19(17)27-12-26-18)7-6-25-20(31)15-4-3-5-16(8-15)21(22,23)24/h3-5,8-9,12-14H,6-7,10-11H2,1-2H3,(H,25,31)/t13-,14-/m0/s1. The lowest BCUT2D eigenvalue weighted by molar-refractivity contribution is -0.137. The van der Waals surface area contributed by atoms with E-state index in [1.807, 2.05) is 13.8 Å². The largest absolute Gasteiger partial charge is 0.416 e. The van der Waals surface area contributed by atoms with Gasteiger partial charge in [-0.3, -0.25) is 4.79 Å². The number of morpholine rings is 1. The Morgan fingerprint density at radius 2 is 1.97 bits per heavy atom. The van der Waals surface area contributed by atoms with E-state index in [1.54, 1.807) is 10.9 Å². The number of hydrogen-bond acceptors (Lipinski definition) is 6. The molecule has 3 heterocycles. The zero-order chi connectivity index (χ0) is 22.9. The number of anilines is 1. The summed E-state index contributed by atoms with van der Waals surface area (Å²) in [6.45, 7) is 5.91. The maximum Gasteiger partial charge on any atom is 0.416 e. The molecule has 0 aliphatic carbocycles. The smallest absolute Gasteiger partial charge is 0.372 e. The number of nitrogens with one attached hydrogen (secondary N) is 1. The lowest BCUT2D eigenvalue weighted by Crippen LogP contribution is -2.45.